The highest BCUT2D eigenvalue weighted by atomic mass is 16.6. The number of nitro groups is 1. The molecule has 0 atom stereocenters. The third-order valence-electron chi connectivity index (χ3n) is 3.78. The molecule has 0 unspecified atom stereocenters. The summed E-state index contributed by atoms with van der Waals surface area (Å²) >= 11 is 0. The first-order chi connectivity index (χ1) is 9.34. The van der Waals surface area contributed by atoms with Gasteiger partial charge < -0.3 is 10.2 Å². The maximum atomic E-state index is 12.7. The Kier molecular flexibility index (Phi) is 3.76. The second-order valence-electron chi connectivity index (χ2n) is 5.65. The van der Waals surface area contributed by atoms with Crippen LogP contribution in [0.25, 0.3) is 0 Å². The second kappa shape index (κ2) is 5.20. The van der Waals surface area contributed by atoms with E-state index in [-0.39, 0.29) is 17.1 Å². The van der Waals surface area contributed by atoms with Gasteiger partial charge in [-0.05, 0) is 26.8 Å². The van der Waals surface area contributed by atoms with E-state index in [9.17, 15) is 14.9 Å². The summed E-state index contributed by atoms with van der Waals surface area (Å²) in [4.78, 5) is 25.0. The van der Waals surface area contributed by atoms with E-state index in [0.717, 1.165) is 6.54 Å². The minimum atomic E-state index is -0.449. The highest BCUT2D eigenvalue weighted by molar-refractivity contribution is 5.97. The van der Waals surface area contributed by atoms with Crippen LogP contribution in [0, 0.1) is 17.0 Å². The predicted molar refractivity (Wildman–Crippen MR) is 75.8 cm³/mol. The normalized spacial score (nSPS) is 17.9. The van der Waals surface area contributed by atoms with Gasteiger partial charge in [0, 0.05) is 36.8 Å². The molecule has 1 aromatic carbocycles. The van der Waals surface area contributed by atoms with Crippen molar-refractivity contribution in [1.29, 1.82) is 0 Å². The van der Waals surface area contributed by atoms with Crippen molar-refractivity contribution in [2.75, 3.05) is 19.6 Å². The first-order valence-electron chi connectivity index (χ1n) is 6.61. The molecule has 0 spiro atoms. The van der Waals surface area contributed by atoms with Gasteiger partial charge in [-0.2, -0.15) is 0 Å². The van der Waals surface area contributed by atoms with Gasteiger partial charge in [0.25, 0.3) is 11.6 Å². The summed E-state index contributed by atoms with van der Waals surface area (Å²) < 4.78 is 0. The fraction of sp³-hybridized carbons (Fsp3) is 0.500. The van der Waals surface area contributed by atoms with E-state index in [1.54, 1.807) is 24.0 Å². The molecule has 2 rings (SSSR count). The zero-order chi connectivity index (χ0) is 14.9. The first-order valence-corrected chi connectivity index (χ1v) is 6.61. The lowest BCUT2D eigenvalue weighted by Gasteiger charge is -2.43. The van der Waals surface area contributed by atoms with Crippen molar-refractivity contribution < 1.29 is 9.72 Å². The molecule has 0 aliphatic carbocycles. The van der Waals surface area contributed by atoms with Gasteiger partial charge in [-0.3, -0.25) is 14.9 Å². The lowest BCUT2D eigenvalue weighted by molar-refractivity contribution is -0.385. The second-order valence-corrected chi connectivity index (χ2v) is 5.65. The van der Waals surface area contributed by atoms with Gasteiger partial charge in [-0.25, -0.2) is 0 Å². The summed E-state index contributed by atoms with van der Waals surface area (Å²) in [6.45, 7) is 7.66. The molecule has 1 amide bonds. The van der Waals surface area contributed by atoms with Crippen LogP contribution >= 0.6 is 0 Å². The fourth-order valence-electron chi connectivity index (χ4n) is 2.56. The van der Waals surface area contributed by atoms with Crippen LogP contribution < -0.4 is 5.32 Å². The Labute approximate surface area is 117 Å². The quantitative estimate of drug-likeness (QED) is 0.660. The Hall–Kier alpha value is -1.95. The number of benzene rings is 1. The van der Waals surface area contributed by atoms with Gasteiger partial charge in [-0.1, -0.05) is 6.07 Å². The summed E-state index contributed by atoms with van der Waals surface area (Å²) in [5.41, 5.74) is 0.529. The monoisotopic (exact) mass is 277 g/mol. The molecule has 1 saturated heterocycles. The highest BCUT2D eigenvalue weighted by Crippen LogP contribution is 2.25. The Morgan fingerprint density at radius 2 is 2.15 bits per heavy atom. The SMILES string of the molecule is Cc1c(C(=O)N2CCNCC2(C)C)cccc1[N+](=O)[O-]. The van der Waals surface area contributed by atoms with E-state index in [1.165, 1.54) is 6.07 Å². The molecule has 108 valence electrons. The molecule has 0 aromatic heterocycles. The molecule has 1 fully saturated rings. The Balaban J connectivity index is 2.39. The molecule has 1 aromatic rings. The number of nitrogens with one attached hydrogen (secondary N) is 1. The average molecular weight is 277 g/mol. The van der Waals surface area contributed by atoms with E-state index >= 15 is 0 Å². The van der Waals surface area contributed by atoms with E-state index in [1.807, 2.05) is 13.8 Å². The number of nitrogens with zero attached hydrogens (tertiary/aromatic N) is 2. The van der Waals surface area contributed by atoms with Gasteiger partial charge >= 0.3 is 0 Å². The minimum Gasteiger partial charge on any atom is -0.331 e. The van der Waals surface area contributed by atoms with Crippen molar-refractivity contribution in [2.24, 2.45) is 0 Å². The number of nitro benzene ring substituents is 1. The molecule has 0 bridgehead atoms. The molecule has 0 saturated carbocycles. The molecule has 1 N–H and O–H groups in total. The van der Waals surface area contributed by atoms with Crippen LogP contribution in [0.3, 0.4) is 0 Å². The van der Waals surface area contributed by atoms with Crippen molar-refractivity contribution in [2.45, 2.75) is 26.3 Å². The van der Waals surface area contributed by atoms with E-state index in [2.05, 4.69) is 5.32 Å². The third-order valence-corrected chi connectivity index (χ3v) is 3.78. The fourth-order valence-corrected chi connectivity index (χ4v) is 2.56. The van der Waals surface area contributed by atoms with Crippen LogP contribution in [0.15, 0.2) is 18.2 Å². The molecule has 1 aliphatic rings. The van der Waals surface area contributed by atoms with Gasteiger partial charge in [0.05, 0.1) is 10.5 Å². The molecule has 1 aliphatic heterocycles. The van der Waals surface area contributed by atoms with Crippen molar-refractivity contribution in [1.82, 2.24) is 10.2 Å². The smallest absolute Gasteiger partial charge is 0.273 e. The van der Waals surface area contributed by atoms with Crippen LogP contribution in [0.4, 0.5) is 5.69 Å². The predicted octanol–water partition coefficient (Wildman–Crippen LogP) is 1.73. The van der Waals surface area contributed by atoms with Gasteiger partial charge in [0.15, 0.2) is 0 Å². The summed E-state index contributed by atoms with van der Waals surface area (Å²) in [6, 6.07) is 4.64. The standard InChI is InChI=1S/C14H19N3O3/c1-10-11(5-4-6-12(10)17(19)20)13(18)16-8-7-15-9-14(16,2)3/h4-6,15H,7-9H2,1-3H3. The summed E-state index contributed by atoms with van der Waals surface area (Å²) in [6.07, 6.45) is 0. The Morgan fingerprint density at radius 1 is 1.45 bits per heavy atom. The average Bonchev–Trinajstić information content (AvgIpc) is 2.37. The van der Waals surface area contributed by atoms with Gasteiger partial charge in [-0.15, -0.1) is 0 Å². The largest absolute Gasteiger partial charge is 0.331 e. The molecule has 1 heterocycles. The van der Waals surface area contributed by atoms with E-state index in [0.29, 0.717) is 24.2 Å². The maximum Gasteiger partial charge on any atom is 0.273 e. The van der Waals surface area contributed by atoms with E-state index < -0.39 is 4.92 Å². The molecular formula is C14H19N3O3. The van der Waals surface area contributed by atoms with Crippen molar-refractivity contribution in [3.8, 4) is 0 Å². The highest BCUT2D eigenvalue weighted by Gasteiger charge is 2.34. The van der Waals surface area contributed by atoms with Crippen LogP contribution in [0.5, 0.6) is 0 Å². The van der Waals surface area contributed by atoms with Crippen LogP contribution in [-0.4, -0.2) is 40.9 Å². The summed E-state index contributed by atoms with van der Waals surface area (Å²) in [7, 11) is 0. The van der Waals surface area contributed by atoms with Gasteiger partial charge in [0.1, 0.15) is 0 Å². The molecule has 0 radical (unpaired) electrons. The number of rotatable bonds is 2. The number of carbonyl (C=O) groups excluding carboxylic acids is 1. The summed E-state index contributed by atoms with van der Waals surface area (Å²) in [5.74, 6) is -0.141. The third kappa shape index (κ3) is 2.51. The number of piperazine rings is 1. The minimum absolute atomic E-state index is 0.0104. The number of carbonyl (C=O) groups is 1. The number of hydrogen-bond acceptors (Lipinski definition) is 4. The lowest BCUT2D eigenvalue weighted by Crippen LogP contribution is -2.59. The zero-order valence-electron chi connectivity index (χ0n) is 12.0. The number of amides is 1. The van der Waals surface area contributed by atoms with Crippen LogP contribution in [-0.2, 0) is 0 Å². The van der Waals surface area contributed by atoms with Crippen LogP contribution in [0.1, 0.15) is 29.8 Å². The van der Waals surface area contributed by atoms with Crippen molar-refractivity contribution >= 4 is 11.6 Å². The maximum absolute atomic E-state index is 12.7. The van der Waals surface area contributed by atoms with Crippen molar-refractivity contribution in [3.05, 3.63) is 39.4 Å². The molecule has 6 heteroatoms. The molecule has 6 nitrogen and oxygen atoms in total. The molecule has 20 heavy (non-hydrogen) atoms. The zero-order valence-corrected chi connectivity index (χ0v) is 12.0. The number of hydrogen-bond donors (Lipinski definition) is 1. The Bertz CT molecular complexity index is 555. The summed E-state index contributed by atoms with van der Waals surface area (Å²) in [5, 5.41) is 14.2. The van der Waals surface area contributed by atoms with E-state index in [4.69, 9.17) is 0 Å². The lowest BCUT2D eigenvalue weighted by atomic mass is 9.97. The Morgan fingerprint density at radius 3 is 2.75 bits per heavy atom. The van der Waals surface area contributed by atoms with Crippen LogP contribution in [0.2, 0.25) is 0 Å². The first kappa shape index (κ1) is 14.5. The topological polar surface area (TPSA) is 75.5 Å². The van der Waals surface area contributed by atoms with Gasteiger partial charge in [0.2, 0.25) is 0 Å². The molecular weight excluding hydrogens is 258 g/mol. The van der Waals surface area contributed by atoms with Crippen molar-refractivity contribution in [3.63, 3.8) is 0 Å².